The van der Waals surface area contributed by atoms with Crippen molar-refractivity contribution in [1.29, 1.82) is 0 Å². The summed E-state index contributed by atoms with van der Waals surface area (Å²) >= 11 is 0. The van der Waals surface area contributed by atoms with Crippen LogP contribution in [0.1, 0.15) is 16.5 Å². The highest BCUT2D eigenvalue weighted by molar-refractivity contribution is 5.98. The number of ether oxygens (including phenoxy) is 1. The monoisotopic (exact) mass is 296 g/mol. The van der Waals surface area contributed by atoms with Gasteiger partial charge in [0.1, 0.15) is 11.4 Å². The molecule has 3 heterocycles. The van der Waals surface area contributed by atoms with Gasteiger partial charge < -0.3 is 14.6 Å². The first-order chi connectivity index (χ1) is 10.7. The maximum atomic E-state index is 12.5. The van der Waals surface area contributed by atoms with Gasteiger partial charge in [-0.2, -0.15) is 5.10 Å². The summed E-state index contributed by atoms with van der Waals surface area (Å²) in [5.41, 5.74) is 1.52. The van der Waals surface area contributed by atoms with Gasteiger partial charge in [-0.15, -0.1) is 0 Å². The van der Waals surface area contributed by atoms with Crippen molar-refractivity contribution in [3.05, 3.63) is 48.4 Å². The number of amides is 1. The van der Waals surface area contributed by atoms with Gasteiger partial charge in [0, 0.05) is 42.5 Å². The number of benzene rings is 1. The SMILES string of the molecule is COc1ccc2cc(C(=O)N3CC(n4cccn4)C3)[nH]c2c1. The number of nitrogens with one attached hydrogen (secondary N) is 1. The van der Waals surface area contributed by atoms with Gasteiger partial charge in [-0.3, -0.25) is 9.48 Å². The first-order valence-corrected chi connectivity index (χ1v) is 7.20. The zero-order valence-corrected chi connectivity index (χ0v) is 12.2. The lowest BCUT2D eigenvalue weighted by Crippen LogP contribution is -2.50. The fourth-order valence-corrected chi connectivity index (χ4v) is 2.80. The van der Waals surface area contributed by atoms with Crippen LogP contribution in [0.15, 0.2) is 42.7 Å². The van der Waals surface area contributed by atoms with Gasteiger partial charge in [0.25, 0.3) is 5.91 Å². The van der Waals surface area contributed by atoms with Gasteiger partial charge in [0.15, 0.2) is 0 Å². The van der Waals surface area contributed by atoms with E-state index in [2.05, 4.69) is 10.1 Å². The molecular formula is C16H16N4O2. The van der Waals surface area contributed by atoms with Gasteiger partial charge in [-0.05, 0) is 24.3 Å². The van der Waals surface area contributed by atoms with Gasteiger partial charge in [0.05, 0.1) is 13.2 Å². The number of H-pyrrole nitrogens is 1. The van der Waals surface area contributed by atoms with Crippen molar-refractivity contribution in [2.24, 2.45) is 0 Å². The quantitative estimate of drug-likeness (QED) is 0.805. The fourth-order valence-electron chi connectivity index (χ4n) is 2.80. The van der Waals surface area contributed by atoms with Crippen LogP contribution >= 0.6 is 0 Å². The average molecular weight is 296 g/mol. The molecule has 0 bridgehead atoms. The Balaban J connectivity index is 1.51. The van der Waals surface area contributed by atoms with Gasteiger partial charge >= 0.3 is 0 Å². The first-order valence-electron chi connectivity index (χ1n) is 7.20. The molecule has 1 amide bonds. The minimum absolute atomic E-state index is 0.0265. The number of aromatic amines is 1. The van der Waals surface area contributed by atoms with Crippen LogP contribution in [-0.2, 0) is 0 Å². The normalized spacial score (nSPS) is 15.0. The second kappa shape index (κ2) is 4.91. The maximum Gasteiger partial charge on any atom is 0.270 e. The Morgan fingerprint density at radius 1 is 1.36 bits per heavy atom. The predicted molar refractivity (Wildman–Crippen MR) is 82.0 cm³/mol. The summed E-state index contributed by atoms with van der Waals surface area (Å²) in [7, 11) is 1.63. The van der Waals surface area contributed by atoms with Crippen molar-refractivity contribution in [1.82, 2.24) is 19.7 Å². The van der Waals surface area contributed by atoms with E-state index >= 15 is 0 Å². The molecule has 112 valence electrons. The van der Waals surface area contributed by atoms with Crippen LogP contribution in [0.2, 0.25) is 0 Å². The predicted octanol–water partition coefficient (Wildman–Crippen LogP) is 2.07. The van der Waals surface area contributed by atoms with E-state index in [1.54, 1.807) is 13.3 Å². The molecule has 1 N–H and O–H groups in total. The minimum Gasteiger partial charge on any atom is -0.497 e. The van der Waals surface area contributed by atoms with Crippen molar-refractivity contribution in [2.75, 3.05) is 20.2 Å². The van der Waals surface area contributed by atoms with Gasteiger partial charge in [-0.25, -0.2) is 0 Å². The van der Waals surface area contributed by atoms with Crippen LogP contribution in [0, 0.1) is 0 Å². The largest absolute Gasteiger partial charge is 0.497 e. The molecule has 6 heteroatoms. The highest BCUT2D eigenvalue weighted by atomic mass is 16.5. The second-order valence-corrected chi connectivity index (χ2v) is 5.49. The number of hydrogen-bond donors (Lipinski definition) is 1. The van der Waals surface area contributed by atoms with E-state index in [1.165, 1.54) is 0 Å². The average Bonchev–Trinajstić information content (AvgIpc) is 3.13. The van der Waals surface area contributed by atoms with E-state index in [4.69, 9.17) is 4.74 Å². The standard InChI is InChI=1S/C16H16N4O2/c1-22-13-4-3-11-7-15(18-14(11)8-13)16(21)19-9-12(10-19)20-6-2-5-17-20/h2-8,12,18H,9-10H2,1H3. The summed E-state index contributed by atoms with van der Waals surface area (Å²) in [5, 5.41) is 5.22. The zero-order valence-electron chi connectivity index (χ0n) is 12.2. The molecular weight excluding hydrogens is 280 g/mol. The Morgan fingerprint density at radius 3 is 2.95 bits per heavy atom. The number of hydrogen-bond acceptors (Lipinski definition) is 3. The number of methoxy groups -OCH3 is 1. The molecule has 4 rings (SSSR count). The number of aromatic nitrogens is 3. The molecule has 0 radical (unpaired) electrons. The fraction of sp³-hybridized carbons (Fsp3) is 0.250. The number of likely N-dealkylation sites (tertiary alicyclic amines) is 1. The Labute approximate surface area is 127 Å². The van der Waals surface area contributed by atoms with E-state index in [9.17, 15) is 4.79 Å². The van der Waals surface area contributed by atoms with Crippen molar-refractivity contribution in [3.63, 3.8) is 0 Å². The lowest BCUT2D eigenvalue weighted by atomic mass is 10.1. The van der Waals surface area contributed by atoms with E-state index < -0.39 is 0 Å². The summed E-state index contributed by atoms with van der Waals surface area (Å²) in [5.74, 6) is 0.801. The van der Waals surface area contributed by atoms with Crippen molar-refractivity contribution in [3.8, 4) is 5.75 Å². The molecule has 0 aliphatic carbocycles. The smallest absolute Gasteiger partial charge is 0.270 e. The Morgan fingerprint density at radius 2 is 2.23 bits per heavy atom. The topological polar surface area (TPSA) is 63.1 Å². The molecule has 1 aliphatic rings. The number of nitrogens with zero attached hydrogens (tertiary/aromatic N) is 3. The van der Waals surface area contributed by atoms with Crippen LogP contribution < -0.4 is 4.74 Å². The molecule has 1 fully saturated rings. The number of carbonyl (C=O) groups excluding carboxylic acids is 1. The third-order valence-corrected chi connectivity index (χ3v) is 4.11. The van der Waals surface area contributed by atoms with E-state index in [0.29, 0.717) is 18.8 Å². The molecule has 22 heavy (non-hydrogen) atoms. The first kappa shape index (κ1) is 12.9. The van der Waals surface area contributed by atoms with Crippen molar-refractivity contribution >= 4 is 16.8 Å². The third-order valence-electron chi connectivity index (χ3n) is 4.11. The molecule has 0 atom stereocenters. The van der Waals surface area contributed by atoms with Crippen molar-refractivity contribution < 1.29 is 9.53 Å². The van der Waals surface area contributed by atoms with Gasteiger partial charge in [0.2, 0.25) is 0 Å². The Kier molecular flexibility index (Phi) is 2.89. The van der Waals surface area contributed by atoms with Crippen LogP contribution in [0.3, 0.4) is 0 Å². The minimum atomic E-state index is 0.0265. The third kappa shape index (κ3) is 2.04. The number of fused-ring (bicyclic) bond motifs is 1. The summed E-state index contributed by atoms with van der Waals surface area (Å²) in [6, 6.07) is 9.80. The Hall–Kier alpha value is -2.76. The highest BCUT2D eigenvalue weighted by Gasteiger charge is 2.33. The summed E-state index contributed by atoms with van der Waals surface area (Å²) in [6.45, 7) is 1.39. The molecule has 1 aliphatic heterocycles. The molecule has 1 aromatic carbocycles. The zero-order chi connectivity index (χ0) is 15.1. The molecule has 2 aromatic heterocycles. The number of carbonyl (C=O) groups is 1. The summed E-state index contributed by atoms with van der Waals surface area (Å²) < 4.78 is 7.10. The summed E-state index contributed by atoms with van der Waals surface area (Å²) in [4.78, 5) is 17.5. The molecule has 1 saturated heterocycles. The van der Waals surface area contributed by atoms with E-state index in [1.807, 2.05) is 46.1 Å². The molecule has 0 unspecified atom stereocenters. The molecule has 3 aromatic rings. The van der Waals surface area contributed by atoms with Crippen LogP contribution in [0.5, 0.6) is 5.75 Å². The van der Waals surface area contributed by atoms with E-state index in [-0.39, 0.29) is 11.9 Å². The van der Waals surface area contributed by atoms with Crippen LogP contribution in [-0.4, -0.2) is 45.8 Å². The van der Waals surface area contributed by atoms with Crippen LogP contribution in [0.4, 0.5) is 0 Å². The number of rotatable bonds is 3. The van der Waals surface area contributed by atoms with Crippen LogP contribution in [0.25, 0.3) is 10.9 Å². The van der Waals surface area contributed by atoms with E-state index in [0.717, 1.165) is 16.7 Å². The summed E-state index contributed by atoms with van der Waals surface area (Å²) in [6.07, 6.45) is 3.69. The second-order valence-electron chi connectivity index (χ2n) is 5.49. The van der Waals surface area contributed by atoms with Gasteiger partial charge in [-0.1, -0.05) is 0 Å². The lowest BCUT2D eigenvalue weighted by molar-refractivity contribution is 0.0496. The molecule has 6 nitrogen and oxygen atoms in total. The maximum absolute atomic E-state index is 12.5. The van der Waals surface area contributed by atoms with Crippen molar-refractivity contribution in [2.45, 2.75) is 6.04 Å². The highest BCUT2D eigenvalue weighted by Crippen LogP contribution is 2.25. The lowest BCUT2D eigenvalue weighted by Gasteiger charge is -2.38. The molecule has 0 saturated carbocycles. The Bertz CT molecular complexity index is 816. The molecule has 0 spiro atoms.